The van der Waals surface area contributed by atoms with Crippen molar-refractivity contribution in [3.63, 3.8) is 0 Å². The van der Waals surface area contributed by atoms with Crippen molar-refractivity contribution in [3.8, 4) is 5.75 Å². The Morgan fingerprint density at radius 1 is 1.40 bits per heavy atom. The predicted molar refractivity (Wildman–Crippen MR) is 99.2 cm³/mol. The Bertz CT molecular complexity index is 694. The van der Waals surface area contributed by atoms with E-state index in [1.165, 1.54) is 11.1 Å². The van der Waals surface area contributed by atoms with Gasteiger partial charge in [0.25, 0.3) is 0 Å². The molecule has 1 saturated heterocycles. The first-order chi connectivity index (χ1) is 12.2. The molecule has 134 valence electrons. The molecule has 1 aliphatic heterocycles. The number of allylic oxidation sites excluding steroid dienone is 1. The van der Waals surface area contributed by atoms with E-state index in [1.54, 1.807) is 7.11 Å². The molecule has 1 aromatic carbocycles. The molecule has 3 N–H and O–H groups in total. The predicted octanol–water partition coefficient (Wildman–Crippen LogP) is 1.94. The maximum Gasteiger partial charge on any atom is 0.118 e. The van der Waals surface area contributed by atoms with Crippen LogP contribution in [0.15, 0.2) is 43.1 Å². The van der Waals surface area contributed by atoms with Crippen LogP contribution in [0, 0.1) is 12.8 Å². The molecule has 0 aliphatic carbocycles. The number of aryl methyl sites for hydroxylation is 1. The Balaban J connectivity index is 1.55. The van der Waals surface area contributed by atoms with Gasteiger partial charge in [-0.1, -0.05) is 18.2 Å². The zero-order chi connectivity index (χ0) is 17.6. The highest BCUT2D eigenvalue weighted by Gasteiger charge is 2.27. The van der Waals surface area contributed by atoms with Crippen molar-refractivity contribution in [2.24, 2.45) is 5.92 Å². The molecule has 2 atom stereocenters. The van der Waals surface area contributed by atoms with Crippen molar-refractivity contribution < 1.29 is 4.74 Å². The Labute approximate surface area is 149 Å². The van der Waals surface area contributed by atoms with Crippen molar-refractivity contribution in [3.05, 3.63) is 59.9 Å². The van der Waals surface area contributed by atoms with E-state index in [-0.39, 0.29) is 0 Å². The van der Waals surface area contributed by atoms with Crippen LogP contribution in [0.5, 0.6) is 5.75 Å². The van der Waals surface area contributed by atoms with E-state index in [9.17, 15) is 0 Å². The lowest BCUT2D eigenvalue weighted by Gasteiger charge is -2.19. The van der Waals surface area contributed by atoms with Gasteiger partial charge in [0.2, 0.25) is 0 Å². The summed E-state index contributed by atoms with van der Waals surface area (Å²) in [5.74, 6) is 1.37. The Kier molecular flexibility index (Phi) is 5.86. The second-order valence-electron chi connectivity index (χ2n) is 6.42. The molecule has 6 nitrogen and oxygen atoms in total. The monoisotopic (exact) mass is 341 g/mol. The topological polar surface area (TPSA) is 63.1 Å². The summed E-state index contributed by atoms with van der Waals surface area (Å²) in [5, 5.41) is 8.08. The molecule has 0 spiro atoms. The number of hydrazine groups is 1. The third kappa shape index (κ3) is 4.28. The fraction of sp³-hybridized carbons (Fsp3) is 0.421. The minimum atomic E-state index is 0.294. The summed E-state index contributed by atoms with van der Waals surface area (Å²) in [4.78, 5) is 0. The molecule has 0 saturated carbocycles. The highest BCUT2D eigenvalue weighted by atomic mass is 16.5. The maximum absolute atomic E-state index is 5.24. The minimum absolute atomic E-state index is 0.294. The van der Waals surface area contributed by atoms with Crippen LogP contribution >= 0.6 is 0 Å². The molecule has 2 unspecified atom stereocenters. The van der Waals surface area contributed by atoms with Crippen molar-refractivity contribution in [2.45, 2.75) is 26.1 Å². The third-order valence-electron chi connectivity index (χ3n) is 4.65. The fourth-order valence-electron chi connectivity index (χ4n) is 3.24. The van der Waals surface area contributed by atoms with Gasteiger partial charge < -0.3 is 10.1 Å². The molecule has 0 radical (unpaired) electrons. The molecule has 1 fully saturated rings. The van der Waals surface area contributed by atoms with Crippen LogP contribution in [0.4, 0.5) is 0 Å². The van der Waals surface area contributed by atoms with Gasteiger partial charge in [-0.25, -0.2) is 5.43 Å². The van der Waals surface area contributed by atoms with Gasteiger partial charge in [0.15, 0.2) is 0 Å². The number of aromatic nitrogens is 2. The number of rotatable bonds is 8. The largest absolute Gasteiger partial charge is 0.497 e. The summed E-state index contributed by atoms with van der Waals surface area (Å²) in [5.41, 5.74) is 10.2. The van der Waals surface area contributed by atoms with Crippen molar-refractivity contribution >= 4 is 0 Å². The van der Waals surface area contributed by atoms with E-state index in [4.69, 9.17) is 4.74 Å². The highest BCUT2D eigenvalue weighted by Crippen LogP contribution is 2.26. The minimum Gasteiger partial charge on any atom is -0.497 e. The van der Waals surface area contributed by atoms with E-state index in [0.29, 0.717) is 12.0 Å². The zero-order valence-corrected chi connectivity index (χ0v) is 15.0. The number of methoxy groups -OCH3 is 1. The van der Waals surface area contributed by atoms with Gasteiger partial charge in [-0.05, 0) is 24.6 Å². The van der Waals surface area contributed by atoms with Crippen LogP contribution < -0.4 is 20.9 Å². The number of hydrogen-bond donors (Lipinski definition) is 3. The van der Waals surface area contributed by atoms with Crippen LogP contribution in [-0.4, -0.2) is 30.0 Å². The van der Waals surface area contributed by atoms with Crippen LogP contribution in [0.2, 0.25) is 0 Å². The van der Waals surface area contributed by atoms with Gasteiger partial charge in [0, 0.05) is 37.3 Å². The SMILES string of the molecule is C=CCn1cc(CNCC2CNNC2c2ccc(OC)cc2)c(C)n1. The van der Waals surface area contributed by atoms with Gasteiger partial charge >= 0.3 is 0 Å². The second-order valence-corrected chi connectivity index (χ2v) is 6.42. The van der Waals surface area contributed by atoms with Gasteiger partial charge in [0.1, 0.15) is 5.75 Å². The van der Waals surface area contributed by atoms with Crippen molar-refractivity contribution in [1.29, 1.82) is 0 Å². The van der Waals surface area contributed by atoms with E-state index in [0.717, 1.165) is 37.6 Å². The molecule has 3 rings (SSSR count). The van der Waals surface area contributed by atoms with Crippen LogP contribution in [-0.2, 0) is 13.1 Å². The first-order valence-corrected chi connectivity index (χ1v) is 8.68. The lowest BCUT2D eigenvalue weighted by atomic mass is 9.95. The average molecular weight is 341 g/mol. The maximum atomic E-state index is 5.24. The standard InChI is InChI=1S/C19H27N5O/c1-4-9-24-13-17(14(2)23-24)11-20-10-16-12-21-22-19(16)15-5-7-18(25-3)8-6-15/h4-8,13,16,19-22H,1,9-12H2,2-3H3. The zero-order valence-electron chi connectivity index (χ0n) is 15.0. The number of hydrogen-bond acceptors (Lipinski definition) is 5. The summed E-state index contributed by atoms with van der Waals surface area (Å²) in [6, 6.07) is 8.57. The summed E-state index contributed by atoms with van der Waals surface area (Å²) in [6.07, 6.45) is 3.95. The Morgan fingerprint density at radius 2 is 2.20 bits per heavy atom. The van der Waals surface area contributed by atoms with E-state index in [1.807, 2.05) is 22.9 Å². The normalized spacial score (nSPS) is 19.9. The van der Waals surface area contributed by atoms with Crippen LogP contribution in [0.3, 0.4) is 0 Å². The molecule has 2 heterocycles. The van der Waals surface area contributed by atoms with Crippen molar-refractivity contribution in [1.82, 2.24) is 25.9 Å². The molecule has 0 bridgehead atoms. The molecular weight excluding hydrogens is 314 g/mol. The molecule has 1 aliphatic rings. The Hall–Kier alpha value is -2.15. The first-order valence-electron chi connectivity index (χ1n) is 8.68. The first kappa shape index (κ1) is 17.7. The lowest BCUT2D eigenvalue weighted by molar-refractivity contribution is 0.413. The molecular formula is C19H27N5O. The summed E-state index contributed by atoms with van der Waals surface area (Å²) < 4.78 is 7.17. The van der Waals surface area contributed by atoms with E-state index < -0.39 is 0 Å². The van der Waals surface area contributed by atoms with Gasteiger partial charge in [0.05, 0.1) is 25.4 Å². The third-order valence-corrected chi connectivity index (χ3v) is 4.65. The van der Waals surface area contributed by atoms with Crippen LogP contribution in [0.25, 0.3) is 0 Å². The summed E-state index contributed by atoms with van der Waals surface area (Å²) >= 11 is 0. The number of benzene rings is 1. The number of ether oxygens (including phenoxy) is 1. The van der Waals surface area contributed by atoms with Gasteiger partial charge in [-0.2, -0.15) is 5.10 Å². The van der Waals surface area contributed by atoms with Gasteiger partial charge in [-0.15, -0.1) is 6.58 Å². The lowest BCUT2D eigenvalue weighted by Crippen LogP contribution is -2.28. The van der Waals surface area contributed by atoms with Crippen LogP contribution in [0.1, 0.15) is 22.9 Å². The fourth-order valence-corrected chi connectivity index (χ4v) is 3.24. The quantitative estimate of drug-likeness (QED) is 0.641. The second kappa shape index (κ2) is 8.29. The highest BCUT2D eigenvalue weighted by molar-refractivity contribution is 5.30. The molecule has 0 amide bonds. The number of nitrogens with one attached hydrogen (secondary N) is 3. The number of nitrogens with zero attached hydrogens (tertiary/aromatic N) is 2. The molecule has 25 heavy (non-hydrogen) atoms. The van der Waals surface area contributed by atoms with E-state index in [2.05, 4.69) is 53.1 Å². The van der Waals surface area contributed by atoms with Crippen molar-refractivity contribution in [2.75, 3.05) is 20.2 Å². The summed E-state index contributed by atoms with van der Waals surface area (Å²) in [6.45, 7) is 9.26. The summed E-state index contributed by atoms with van der Waals surface area (Å²) in [7, 11) is 1.69. The van der Waals surface area contributed by atoms with Gasteiger partial charge in [-0.3, -0.25) is 10.1 Å². The smallest absolute Gasteiger partial charge is 0.118 e. The molecule has 2 aromatic rings. The average Bonchev–Trinajstić information content (AvgIpc) is 3.22. The molecule has 1 aromatic heterocycles. The van der Waals surface area contributed by atoms with E-state index >= 15 is 0 Å². The molecule has 6 heteroatoms. The Morgan fingerprint density at radius 3 is 2.92 bits per heavy atom.